The molecular weight excluding hydrogens is 621 g/mol. The van der Waals surface area contributed by atoms with Crippen LogP contribution in [0.4, 0.5) is 24.5 Å². The molecule has 0 atom stereocenters. The fourth-order valence-electron chi connectivity index (χ4n) is 5.83. The van der Waals surface area contributed by atoms with Gasteiger partial charge in [0, 0.05) is 50.8 Å². The van der Waals surface area contributed by atoms with E-state index in [1.54, 1.807) is 53.8 Å². The number of nitrogens with one attached hydrogen (secondary N) is 1. The van der Waals surface area contributed by atoms with Crippen molar-refractivity contribution in [2.45, 2.75) is 24.6 Å². The number of para-hydroxylation sites is 1. The number of amides is 1. The maximum atomic E-state index is 15.1. The maximum Gasteiger partial charge on any atom is 0.422 e. The van der Waals surface area contributed by atoms with Gasteiger partial charge in [-0.1, -0.05) is 18.2 Å². The summed E-state index contributed by atoms with van der Waals surface area (Å²) in [6, 6.07) is 12.7. The standard InChI is InChI=1S/C32H33F3N6O4S/c1-43-17-15-40-13-10-31(11-14-40)21-41(16-18-44-31)28-24(38-29(42)25-20-46-30(39-25)22-9-12-36-37-19-22)7-8-26(27(28)32(33,34)35)45-23-5-3-2-4-6-23/h2-9,12,19-20H,10-11,13-18,21H2,1H3,(H,38,42). The van der Waals surface area contributed by atoms with Gasteiger partial charge in [-0.05, 0) is 43.2 Å². The first-order valence-electron chi connectivity index (χ1n) is 14.9. The molecule has 14 heteroatoms. The summed E-state index contributed by atoms with van der Waals surface area (Å²) in [6.45, 7) is 3.52. The zero-order valence-corrected chi connectivity index (χ0v) is 25.9. The van der Waals surface area contributed by atoms with Crippen LogP contribution >= 0.6 is 11.3 Å². The van der Waals surface area contributed by atoms with Gasteiger partial charge >= 0.3 is 6.18 Å². The molecule has 2 aromatic carbocycles. The van der Waals surface area contributed by atoms with Gasteiger partial charge in [-0.2, -0.15) is 23.4 Å². The van der Waals surface area contributed by atoms with Gasteiger partial charge < -0.3 is 29.3 Å². The molecule has 2 aromatic heterocycles. The average Bonchev–Trinajstić information content (AvgIpc) is 3.56. The Labute approximate surface area is 268 Å². The normalized spacial score (nSPS) is 16.8. The predicted molar refractivity (Wildman–Crippen MR) is 167 cm³/mol. The number of anilines is 2. The van der Waals surface area contributed by atoms with E-state index >= 15 is 13.2 Å². The first kappa shape index (κ1) is 31.9. The highest BCUT2D eigenvalue weighted by Crippen LogP contribution is 2.49. The maximum absolute atomic E-state index is 15.1. The molecule has 4 heterocycles. The summed E-state index contributed by atoms with van der Waals surface area (Å²) < 4.78 is 62.6. The Bertz CT molecular complexity index is 1630. The number of carbonyl (C=O) groups excluding carboxylic acids is 1. The van der Waals surface area contributed by atoms with Gasteiger partial charge in [0.05, 0.1) is 42.6 Å². The average molecular weight is 655 g/mol. The SMILES string of the molecule is COCCN1CCC2(CC1)CN(c1c(NC(=O)c3csc(-c4ccnnc4)n3)ccc(Oc3ccccc3)c1C(F)(F)F)CCO2. The molecule has 1 amide bonds. The smallest absolute Gasteiger partial charge is 0.422 e. The van der Waals surface area contributed by atoms with Crippen molar-refractivity contribution in [3.05, 3.63) is 77.6 Å². The van der Waals surface area contributed by atoms with Crippen LogP contribution in [0, 0.1) is 0 Å². The summed E-state index contributed by atoms with van der Waals surface area (Å²) in [5.41, 5.74) is -1.01. The molecule has 46 heavy (non-hydrogen) atoms. The second kappa shape index (κ2) is 13.7. The molecule has 0 saturated carbocycles. The number of nitrogens with zero attached hydrogens (tertiary/aromatic N) is 5. The molecule has 1 N–H and O–H groups in total. The zero-order chi connectivity index (χ0) is 32.1. The molecule has 6 rings (SSSR count). The van der Waals surface area contributed by atoms with Crippen LogP contribution in [0.2, 0.25) is 0 Å². The summed E-state index contributed by atoms with van der Waals surface area (Å²) >= 11 is 1.23. The van der Waals surface area contributed by atoms with E-state index in [9.17, 15) is 4.79 Å². The molecule has 2 aliphatic heterocycles. The van der Waals surface area contributed by atoms with Gasteiger partial charge in [0.15, 0.2) is 0 Å². The van der Waals surface area contributed by atoms with Gasteiger partial charge in [0.25, 0.3) is 5.91 Å². The van der Waals surface area contributed by atoms with Crippen LogP contribution in [0.3, 0.4) is 0 Å². The minimum absolute atomic E-state index is 0.00689. The Balaban J connectivity index is 1.35. The van der Waals surface area contributed by atoms with Crippen LogP contribution in [0.15, 0.2) is 66.3 Å². The predicted octanol–water partition coefficient (Wildman–Crippen LogP) is 5.98. The number of ether oxygens (including phenoxy) is 3. The lowest BCUT2D eigenvalue weighted by Gasteiger charge is -2.48. The van der Waals surface area contributed by atoms with Gasteiger partial charge in [-0.25, -0.2) is 4.98 Å². The van der Waals surface area contributed by atoms with E-state index < -0.39 is 23.2 Å². The second-order valence-electron chi connectivity index (χ2n) is 11.2. The van der Waals surface area contributed by atoms with Crippen molar-refractivity contribution >= 4 is 28.6 Å². The van der Waals surface area contributed by atoms with Crippen molar-refractivity contribution < 1.29 is 32.2 Å². The fourth-order valence-corrected chi connectivity index (χ4v) is 6.62. The number of halogens is 3. The number of methoxy groups -OCH3 is 1. The number of benzene rings is 2. The summed E-state index contributed by atoms with van der Waals surface area (Å²) in [5, 5.41) is 12.4. The molecule has 2 aliphatic rings. The number of hydrogen-bond acceptors (Lipinski definition) is 10. The van der Waals surface area contributed by atoms with E-state index in [-0.39, 0.29) is 48.3 Å². The molecule has 0 bridgehead atoms. The topological polar surface area (TPSA) is 102 Å². The van der Waals surface area contributed by atoms with Gasteiger partial charge in [-0.3, -0.25) is 4.79 Å². The summed E-state index contributed by atoms with van der Waals surface area (Å²) in [4.78, 5) is 21.8. The number of alkyl halides is 3. The highest BCUT2D eigenvalue weighted by Gasteiger charge is 2.45. The van der Waals surface area contributed by atoms with Crippen molar-refractivity contribution in [3.63, 3.8) is 0 Å². The number of carbonyl (C=O) groups is 1. The molecule has 242 valence electrons. The van der Waals surface area contributed by atoms with Crippen molar-refractivity contribution in [1.82, 2.24) is 20.1 Å². The van der Waals surface area contributed by atoms with Crippen LogP contribution < -0.4 is 15.0 Å². The van der Waals surface area contributed by atoms with Crippen LogP contribution in [0.5, 0.6) is 11.5 Å². The Morgan fingerprint density at radius 2 is 1.89 bits per heavy atom. The molecule has 0 aliphatic carbocycles. The van der Waals surface area contributed by atoms with Crippen LogP contribution in [-0.4, -0.2) is 84.6 Å². The van der Waals surface area contributed by atoms with Crippen molar-refractivity contribution in [1.29, 1.82) is 0 Å². The lowest BCUT2D eigenvalue weighted by atomic mass is 9.88. The molecule has 4 aromatic rings. The number of rotatable bonds is 9. The third kappa shape index (κ3) is 7.15. The third-order valence-corrected chi connectivity index (χ3v) is 9.05. The number of aromatic nitrogens is 3. The number of piperidine rings is 1. The van der Waals surface area contributed by atoms with E-state index in [1.165, 1.54) is 35.9 Å². The summed E-state index contributed by atoms with van der Waals surface area (Å²) in [5.74, 6) is -0.731. The van der Waals surface area contributed by atoms with Crippen LogP contribution in [0.25, 0.3) is 10.6 Å². The Morgan fingerprint density at radius 3 is 2.61 bits per heavy atom. The molecule has 0 unspecified atom stereocenters. The first-order valence-corrected chi connectivity index (χ1v) is 15.7. The molecule has 2 fully saturated rings. The van der Waals surface area contributed by atoms with Gasteiger partial charge in [0.2, 0.25) is 0 Å². The molecule has 10 nitrogen and oxygen atoms in total. The Morgan fingerprint density at radius 1 is 1.09 bits per heavy atom. The largest absolute Gasteiger partial charge is 0.457 e. The summed E-state index contributed by atoms with van der Waals surface area (Å²) in [7, 11) is 1.66. The summed E-state index contributed by atoms with van der Waals surface area (Å²) in [6.07, 6.45) is -0.462. The van der Waals surface area contributed by atoms with E-state index in [1.807, 2.05) is 0 Å². The minimum atomic E-state index is -4.81. The fraction of sp³-hybridized carbons (Fsp3) is 0.375. The van der Waals surface area contributed by atoms with Gasteiger partial charge in [0.1, 0.15) is 27.8 Å². The minimum Gasteiger partial charge on any atom is -0.457 e. The Hall–Kier alpha value is -4.11. The van der Waals surface area contributed by atoms with Crippen molar-refractivity contribution in [3.8, 4) is 22.1 Å². The van der Waals surface area contributed by atoms with E-state index in [0.29, 0.717) is 30.0 Å². The number of likely N-dealkylation sites (tertiary alicyclic amines) is 1. The van der Waals surface area contributed by atoms with Gasteiger partial charge in [-0.15, -0.1) is 11.3 Å². The molecule has 0 radical (unpaired) electrons. The van der Waals surface area contributed by atoms with Crippen molar-refractivity contribution in [2.75, 3.05) is 63.3 Å². The van der Waals surface area contributed by atoms with E-state index in [0.717, 1.165) is 19.6 Å². The van der Waals surface area contributed by atoms with Crippen LogP contribution in [0.1, 0.15) is 28.9 Å². The van der Waals surface area contributed by atoms with E-state index in [2.05, 4.69) is 25.4 Å². The Kier molecular flexibility index (Phi) is 9.49. The quantitative estimate of drug-likeness (QED) is 0.234. The highest BCUT2D eigenvalue weighted by atomic mass is 32.1. The molecule has 2 saturated heterocycles. The second-order valence-corrected chi connectivity index (χ2v) is 12.0. The lowest BCUT2D eigenvalue weighted by molar-refractivity contribution is -0.138. The monoisotopic (exact) mass is 654 g/mol. The molecule has 1 spiro atoms. The number of thiazole rings is 1. The zero-order valence-electron chi connectivity index (χ0n) is 25.1. The lowest BCUT2D eigenvalue weighted by Crippen LogP contribution is -2.57. The number of morpholine rings is 1. The van der Waals surface area contributed by atoms with E-state index in [4.69, 9.17) is 14.2 Å². The van der Waals surface area contributed by atoms with Crippen LogP contribution in [-0.2, 0) is 15.7 Å². The molecular formula is C32H33F3N6O4S. The van der Waals surface area contributed by atoms with Crippen molar-refractivity contribution in [2.24, 2.45) is 0 Å². The third-order valence-electron chi connectivity index (χ3n) is 8.15. The highest BCUT2D eigenvalue weighted by molar-refractivity contribution is 7.13. The first-order chi connectivity index (χ1) is 22.2. The number of hydrogen-bond donors (Lipinski definition) is 1.